The number of rotatable bonds is 4. The average Bonchev–Trinajstić information content (AvgIpc) is 2.79. The first kappa shape index (κ1) is 13.9. The SMILES string of the molecule is COc1ccc(C)cc1C(C)n1ncc([N+](=O)[O-])c1N. The van der Waals surface area contributed by atoms with Crippen LogP contribution in [-0.4, -0.2) is 21.8 Å². The third-order valence-electron chi connectivity index (χ3n) is 3.21. The maximum absolute atomic E-state index is 10.8. The second-order valence-electron chi connectivity index (χ2n) is 4.54. The number of aryl methyl sites for hydroxylation is 1. The highest BCUT2D eigenvalue weighted by Gasteiger charge is 2.23. The molecule has 0 radical (unpaired) electrons. The Labute approximate surface area is 116 Å². The number of nitrogens with zero attached hydrogens (tertiary/aromatic N) is 3. The van der Waals surface area contributed by atoms with Gasteiger partial charge in [-0.3, -0.25) is 10.1 Å². The van der Waals surface area contributed by atoms with Gasteiger partial charge in [0.05, 0.1) is 18.1 Å². The topological polar surface area (TPSA) is 96.2 Å². The van der Waals surface area contributed by atoms with Crippen LogP contribution in [0.3, 0.4) is 0 Å². The van der Waals surface area contributed by atoms with Gasteiger partial charge in [-0.1, -0.05) is 17.7 Å². The van der Waals surface area contributed by atoms with Crippen molar-refractivity contribution in [2.24, 2.45) is 0 Å². The molecule has 106 valence electrons. The van der Waals surface area contributed by atoms with E-state index in [0.717, 1.165) is 17.3 Å². The lowest BCUT2D eigenvalue weighted by Crippen LogP contribution is -2.13. The van der Waals surface area contributed by atoms with Gasteiger partial charge in [-0.25, -0.2) is 4.68 Å². The molecule has 2 rings (SSSR count). The summed E-state index contributed by atoms with van der Waals surface area (Å²) in [6, 6.07) is 5.48. The molecule has 1 aromatic heterocycles. The molecule has 0 aliphatic rings. The summed E-state index contributed by atoms with van der Waals surface area (Å²) in [5.41, 5.74) is 7.53. The van der Waals surface area contributed by atoms with Crippen molar-refractivity contribution >= 4 is 11.5 Å². The second kappa shape index (κ2) is 5.20. The first-order chi connectivity index (χ1) is 9.45. The summed E-state index contributed by atoms with van der Waals surface area (Å²) in [5.74, 6) is 0.728. The van der Waals surface area contributed by atoms with Crippen LogP contribution in [0.15, 0.2) is 24.4 Å². The van der Waals surface area contributed by atoms with Crippen molar-refractivity contribution in [1.29, 1.82) is 0 Å². The van der Waals surface area contributed by atoms with Gasteiger partial charge >= 0.3 is 5.69 Å². The maximum Gasteiger partial charge on any atom is 0.330 e. The normalized spacial score (nSPS) is 12.2. The van der Waals surface area contributed by atoms with Crippen LogP contribution in [-0.2, 0) is 0 Å². The molecule has 1 heterocycles. The number of nitrogen functional groups attached to an aromatic ring is 1. The molecule has 0 aliphatic carbocycles. The van der Waals surface area contributed by atoms with Crippen LogP contribution in [0, 0.1) is 17.0 Å². The Morgan fingerprint density at radius 2 is 2.20 bits per heavy atom. The monoisotopic (exact) mass is 276 g/mol. The predicted octanol–water partition coefficient (Wildman–Crippen LogP) is 2.30. The number of aromatic nitrogens is 2. The molecule has 0 saturated carbocycles. The molecule has 7 heteroatoms. The Kier molecular flexibility index (Phi) is 3.60. The van der Waals surface area contributed by atoms with E-state index in [0.29, 0.717) is 5.75 Å². The Hall–Kier alpha value is -2.57. The van der Waals surface area contributed by atoms with E-state index < -0.39 is 4.92 Å². The molecule has 1 atom stereocenters. The van der Waals surface area contributed by atoms with Crippen LogP contribution in [0.1, 0.15) is 24.1 Å². The number of hydrogen-bond acceptors (Lipinski definition) is 5. The lowest BCUT2D eigenvalue weighted by Gasteiger charge is -2.17. The average molecular weight is 276 g/mol. The van der Waals surface area contributed by atoms with Crippen molar-refractivity contribution in [3.8, 4) is 5.75 Å². The fraction of sp³-hybridized carbons (Fsp3) is 0.308. The molecule has 0 bridgehead atoms. The van der Waals surface area contributed by atoms with E-state index in [1.165, 1.54) is 4.68 Å². The standard InChI is InChI=1S/C13H16N4O3/c1-8-4-5-12(20-3)10(6-8)9(2)16-13(14)11(7-15-16)17(18)19/h4-7,9H,14H2,1-3H3. The number of ether oxygens (including phenoxy) is 1. The minimum Gasteiger partial charge on any atom is -0.496 e. The van der Waals surface area contributed by atoms with Gasteiger partial charge < -0.3 is 10.5 Å². The van der Waals surface area contributed by atoms with E-state index in [4.69, 9.17) is 10.5 Å². The first-order valence-corrected chi connectivity index (χ1v) is 6.07. The largest absolute Gasteiger partial charge is 0.496 e. The van der Waals surface area contributed by atoms with Gasteiger partial charge in [0.2, 0.25) is 5.82 Å². The Balaban J connectivity index is 2.48. The van der Waals surface area contributed by atoms with Crippen LogP contribution >= 0.6 is 0 Å². The van der Waals surface area contributed by atoms with Gasteiger partial charge in [0.25, 0.3) is 0 Å². The lowest BCUT2D eigenvalue weighted by molar-refractivity contribution is -0.384. The third-order valence-corrected chi connectivity index (χ3v) is 3.21. The van der Waals surface area contributed by atoms with Gasteiger partial charge in [0, 0.05) is 5.56 Å². The summed E-state index contributed by atoms with van der Waals surface area (Å²) in [7, 11) is 1.58. The number of nitrogens with two attached hydrogens (primary N) is 1. The molecule has 0 fully saturated rings. The molecule has 1 unspecified atom stereocenters. The summed E-state index contributed by atoms with van der Waals surface area (Å²) in [6.07, 6.45) is 1.16. The van der Waals surface area contributed by atoms with Crippen LogP contribution in [0.2, 0.25) is 0 Å². The van der Waals surface area contributed by atoms with Gasteiger partial charge in [-0.05, 0) is 19.9 Å². The van der Waals surface area contributed by atoms with Crippen molar-refractivity contribution < 1.29 is 9.66 Å². The lowest BCUT2D eigenvalue weighted by atomic mass is 10.0. The molecule has 0 spiro atoms. The molecule has 0 saturated heterocycles. The molecule has 0 aliphatic heterocycles. The van der Waals surface area contributed by atoms with Gasteiger partial charge in [0.1, 0.15) is 11.9 Å². The summed E-state index contributed by atoms with van der Waals surface area (Å²) in [4.78, 5) is 10.3. The highest BCUT2D eigenvalue weighted by atomic mass is 16.6. The molecule has 1 aromatic carbocycles. The van der Waals surface area contributed by atoms with E-state index in [-0.39, 0.29) is 17.5 Å². The minimum atomic E-state index is -0.543. The molecular formula is C13H16N4O3. The quantitative estimate of drug-likeness (QED) is 0.682. The summed E-state index contributed by atoms with van der Waals surface area (Å²) >= 11 is 0. The minimum absolute atomic E-state index is 0.0334. The van der Waals surface area contributed by atoms with E-state index in [2.05, 4.69) is 5.10 Å². The third kappa shape index (κ3) is 2.29. The van der Waals surface area contributed by atoms with Crippen LogP contribution < -0.4 is 10.5 Å². The fourth-order valence-corrected chi connectivity index (χ4v) is 2.12. The van der Waals surface area contributed by atoms with E-state index in [9.17, 15) is 10.1 Å². The van der Waals surface area contributed by atoms with Gasteiger partial charge in [-0.2, -0.15) is 5.10 Å². The summed E-state index contributed by atoms with van der Waals surface area (Å²) < 4.78 is 6.75. The number of nitro groups is 1. The molecular weight excluding hydrogens is 260 g/mol. The van der Waals surface area contributed by atoms with Crippen molar-refractivity contribution in [3.63, 3.8) is 0 Å². The van der Waals surface area contributed by atoms with Crippen molar-refractivity contribution in [2.75, 3.05) is 12.8 Å². The van der Waals surface area contributed by atoms with Crippen LogP contribution in [0.25, 0.3) is 0 Å². The number of hydrogen-bond donors (Lipinski definition) is 1. The van der Waals surface area contributed by atoms with Gasteiger partial charge in [0.15, 0.2) is 0 Å². The zero-order valence-electron chi connectivity index (χ0n) is 11.5. The van der Waals surface area contributed by atoms with Gasteiger partial charge in [-0.15, -0.1) is 0 Å². The van der Waals surface area contributed by atoms with Crippen molar-refractivity contribution in [1.82, 2.24) is 9.78 Å². The van der Waals surface area contributed by atoms with Crippen LogP contribution in [0.5, 0.6) is 5.75 Å². The Morgan fingerprint density at radius 3 is 2.75 bits per heavy atom. The number of benzene rings is 1. The van der Waals surface area contributed by atoms with Crippen LogP contribution in [0.4, 0.5) is 11.5 Å². The van der Waals surface area contributed by atoms with Crippen molar-refractivity contribution in [3.05, 3.63) is 45.6 Å². The first-order valence-electron chi connectivity index (χ1n) is 6.07. The highest BCUT2D eigenvalue weighted by molar-refractivity contribution is 5.52. The molecule has 2 aromatic rings. The Bertz CT molecular complexity index is 651. The summed E-state index contributed by atoms with van der Waals surface area (Å²) in [5, 5.41) is 14.8. The Morgan fingerprint density at radius 1 is 1.50 bits per heavy atom. The second-order valence-corrected chi connectivity index (χ2v) is 4.54. The van der Waals surface area contributed by atoms with E-state index in [1.54, 1.807) is 7.11 Å². The van der Waals surface area contributed by atoms with E-state index >= 15 is 0 Å². The van der Waals surface area contributed by atoms with Crippen molar-refractivity contribution in [2.45, 2.75) is 19.9 Å². The molecule has 2 N–H and O–H groups in total. The molecule has 7 nitrogen and oxygen atoms in total. The smallest absolute Gasteiger partial charge is 0.330 e. The number of anilines is 1. The number of methoxy groups -OCH3 is 1. The predicted molar refractivity (Wildman–Crippen MR) is 74.8 cm³/mol. The maximum atomic E-state index is 10.8. The summed E-state index contributed by atoms with van der Waals surface area (Å²) in [6.45, 7) is 3.83. The molecule has 0 amide bonds. The zero-order valence-corrected chi connectivity index (χ0v) is 11.5. The van der Waals surface area contributed by atoms with E-state index in [1.807, 2.05) is 32.0 Å². The zero-order chi connectivity index (χ0) is 14.9. The highest BCUT2D eigenvalue weighted by Crippen LogP contribution is 2.32. The fourth-order valence-electron chi connectivity index (χ4n) is 2.12. The molecule has 20 heavy (non-hydrogen) atoms.